The Labute approximate surface area is 246 Å². The van der Waals surface area contributed by atoms with Crippen molar-refractivity contribution in [3.8, 4) is 5.75 Å². The number of thioether (sulfide) groups is 1. The fourth-order valence-corrected chi connectivity index (χ4v) is 5.49. The van der Waals surface area contributed by atoms with E-state index < -0.39 is 6.04 Å². The first-order valence-corrected chi connectivity index (χ1v) is 14.8. The SMILES string of the molecule is CCOC(=O)C1=C(C)Nc2nc(SCc3ccccc3)nn2C1c1ccc(OCc2ccc(C(C)(C)C)cc2)cc1. The van der Waals surface area contributed by atoms with E-state index in [0.717, 1.165) is 22.6 Å². The van der Waals surface area contributed by atoms with Crippen LogP contribution >= 0.6 is 11.8 Å². The Hall–Kier alpha value is -4.04. The van der Waals surface area contributed by atoms with E-state index in [1.807, 2.05) is 49.4 Å². The number of rotatable bonds is 9. The molecule has 0 fully saturated rings. The van der Waals surface area contributed by atoms with Gasteiger partial charge in [-0.3, -0.25) is 0 Å². The van der Waals surface area contributed by atoms with Gasteiger partial charge in [-0.1, -0.05) is 99.3 Å². The van der Waals surface area contributed by atoms with Crippen LogP contribution in [0.15, 0.2) is 95.3 Å². The van der Waals surface area contributed by atoms with Gasteiger partial charge in [0.1, 0.15) is 18.4 Å². The molecule has 212 valence electrons. The van der Waals surface area contributed by atoms with Gasteiger partial charge in [-0.05, 0) is 53.6 Å². The molecule has 41 heavy (non-hydrogen) atoms. The van der Waals surface area contributed by atoms with Gasteiger partial charge in [0.15, 0.2) is 0 Å². The Kier molecular flexibility index (Phi) is 8.49. The Morgan fingerprint density at radius 1 is 0.976 bits per heavy atom. The first kappa shape index (κ1) is 28.5. The molecule has 1 aliphatic heterocycles. The molecule has 5 rings (SSSR count). The zero-order chi connectivity index (χ0) is 29.0. The van der Waals surface area contributed by atoms with Crippen LogP contribution in [0.5, 0.6) is 5.75 Å². The zero-order valence-electron chi connectivity index (χ0n) is 24.2. The van der Waals surface area contributed by atoms with E-state index in [2.05, 4.69) is 62.5 Å². The van der Waals surface area contributed by atoms with Crippen LogP contribution in [0.2, 0.25) is 0 Å². The van der Waals surface area contributed by atoms with Crippen LogP contribution in [0.25, 0.3) is 0 Å². The molecular formula is C33H36N4O3S. The molecule has 1 aliphatic rings. The predicted molar refractivity (Wildman–Crippen MR) is 163 cm³/mol. The van der Waals surface area contributed by atoms with Crippen LogP contribution < -0.4 is 10.1 Å². The summed E-state index contributed by atoms with van der Waals surface area (Å²) in [7, 11) is 0. The van der Waals surface area contributed by atoms with E-state index in [9.17, 15) is 4.79 Å². The van der Waals surface area contributed by atoms with Crippen molar-refractivity contribution in [3.05, 3.63) is 112 Å². The van der Waals surface area contributed by atoms with Gasteiger partial charge in [-0.2, -0.15) is 4.98 Å². The van der Waals surface area contributed by atoms with Gasteiger partial charge >= 0.3 is 5.97 Å². The summed E-state index contributed by atoms with van der Waals surface area (Å²) >= 11 is 1.56. The van der Waals surface area contributed by atoms with Crippen molar-refractivity contribution in [1.82, 2.24) is 14.8 Å². The second-order valence-electron chi connectivity index (χ2n) is 11.0. The van der Waals surface area contributed by atoms with Crippen molar-refractivity contribution in [3.63, 3.8) is 0 Å². The molecule has 0 bridgehead atoms. The minimum atomic E-state index is -0.483. The highest BCUT2D eigenvalue weighted by molar-refractivity contribution is 7.98. The monoisotopic (exact) mass is 568 g/mol. The second-order valence-corrected chi connectivity index (χ2v) is 12.0. The lowest BCUT2D eigenvalue weighted by molar-refractivity contribution is -0.139. The molecule has 3 aromatic carbocycles. The number of allylic oxidation sites excluding steroid dienone is 1. The summed E-state index contributed by atoms with van der Waals surface area (Å²) in [6.45, 7) is 11.1. The standard InChI is InChI=1S/C33H36N4O3S/c1-6-39-30(38)28-22(2)34-31-35-32(41-21-24-10-8-7-9-11-24)36-37(31)29(28)25-14-18-27(19-15-25)40-20-23-12-16-26(17-13-23)33(3,4)5/h7-19,29H,6,20-21H2,1-5H3,(H,34,35,36). The smallest absolute Gasteiger partial charge is 0.338 e. The van der Waals surface area contributed by atoms with Gasteiger partial charge in [0.25, 0.3) is 0 Å². The third kappa shape index (κ3) is 6.65. The number of hydrogen-bond acceptors (Lipinski definition) is 7. The van der Waals surface area contributed by atoms with E-state index in [1.165, 1.54) is 11.1 Å². The highest BCUT2D eigenvalue weighted by Gasteiger charge is 2.35. The number of carbonyl (C=O) groups excluding carboxylic acids is 1. The summed E-state index contributed by atoms with van der Waals surface area (Å²) in [6, 6.07) is 26.1. The maximum absolute atomic E-state index is 13.1. The molecule has 0 spiro atoms. The molecule has 2 heterocycles. The quantitative estimate of drug-likeness (QED) is 0.168. The number of fused-ring (bicyclic) bond motifs is 1. The Morgan fingerprint density at radius 3 is 2.34 bits per heavy atom. The highest BCUT2D eigenvalue weighted by atomic mass is 32.2. The normalized spacial score (nSPS) is 14.8. The number of ether oxygens (including phenoxy) is 2. The molecule has 7 nitrogen and oxygen atoms in total. The van der Waals surface area contributed by atoms with Crippen molar-refractivity contribution in [1.29, 1.82) is 0 Å². The summed E-state index contributed by atoms with van der Waals surface area (Å²) in [5, 5.41) is 8.70. The van der Waals surface area contributed by atoms with Crippen LogP contribution in [0.3, 0.4) is 0 Å². The lowest BCUT2D eigenvalue weighted by atomic mass is 9.87. The lowest BCUT2D eigenvalue weighted by Gasteiger charge is -2.28. The van der Waals surface area contributed by atoms with Crippen molar-refractivity contribution < 1.29 is 14.3 Å². The first-order chi connectivity index (χ1) is 19.7. The maximum atomic E-state index is 13.1. The van der Waals surface area contributed by atoms with E-state index >= 15 is 0 Å². The Morgan fingerprint density at radius 2 is 1.68 bits per heavy atom. The molecule has 0 aliphatic carbocycles. The molecule has 1 N–H and O–H groups in total. The number of anilines is 1. The van der Waals surface area contributed by atoms with Crippen LogP contribution in [0.1, 0.15) is 62.9 Å². The van der Waals surface area contributed by atoms with Crippen molar-refractivity contribution >= 4 is 23.7 Å². The lowest BCUT2D eigenvalue weighted by Crippen LogP contribution is -2.29. The summed E-state index contributed by atoms with van der Waals surface area (Å²) in [4.78, 5) is 17.8. The van der Waals surface area contributed by atoms with Crippen LogP contribution in [-0.4, -0.2) is 27.3 Å². The zero-order valence-corrected chi connectivity index (χ0v) is 25.0. The number of hydrogen-bond donors (Lipinski definition) is 1. The minimum absolute atomic E-state index is 0.115. The summed E-state index contributed by atoms with van der Waals surface area (Å²) in [5.41, 5.74) is 5.81. The Balaban J connectivity index is 1.37. The van der Waals surface area contributed by atoms with E-state index in [4.69, 9.17) is 19.6 Å². The Bertz CT molecular complexity index is 1520. The third-order valence-corrected chi connectivity index (χ3v) is 7.87. The number of benzene rings is 3. The third-order valence-electron chi connectivity index (χ3n) is 6.96. The molecule has 1 unspecified atom stereocenters. The molecule has 1 atom stereocenters. The number of nitrogens with zero attached hydrogens (tertiary/aromatic N) is 3. The fourth-order valence-electron chi connectivity index (χ4n) is 4.71. The summed E-state index contributed by atoms with van der Waals surface area (Å²) in [5.74, 6) is 1.71. The van der Waals surface area contributed by atoms with Crippen LogP contribution in [-0.2, 0) is 27.3 Å². The second kappa shape index (κ2) is 12.2. The fraction of sp³-hybridized carbons (Fsp3) is 0.303. The van der Waals surface area contributed by atoms with E-state index in [1.54, 1.807) is 23.4 Å². The molecular weight excluding hydrogens is 532 g/mol. The highest BCUT2D eigenvalue weighted by Crippen LogP contribution is 2.37. The van der Waals surface area contributed by atoms with Gasteiger partial charge in [-0.15, -0.1) is 5.10 Å². The predicted octanol–water partition coefficient (Wildman–Crippen LogP) is 7.30. The minimum Gasteiger partial charge on any atom is -0.489 e. The van der Waals surface area contributed by atoms with Gasteiger partial charge in [0.2, 0.25) is 11.1 Å². The number of aromatic nitrogens is 3. The maximum Gasteiger partial charge on any atom is 0.338 e. The van der Waals surface area contributed by atoms with E-state index in [-0.39, 0.29) is 18.0 Å². The average Bonchev–Trinajstić information content (AvgIpc) is 3.37. The summed E-state index contributed by atoms with van der Waals surface area (Å²) in [6.07, 6.45) is 0. The topological polar surface area (TPSA) is 78.3 Å². The number of nitrogens with one attached hydrogen (secondary N) is 1. The molecule has 0 amide bonds. The molecule has 0 saturated carbocycles. The average molecular weight is 569 g/mol. The molecule has 0 saturated heterocycles. The number of esters is 1. The summed E-state index contributed by atoms with van der Waals surface area (Å²) < 4.78 is 13.3. The van der Waals surface area contributed by atoms with Crippen LogP contribution in [0.4, 0.5) is 5.95 Å². The van der Waals surface area contributed by atoms with Crippen molar-refractivity contribution in [2.45, 2.75) is 63.6 Å². The van der Waals surface area contributed by atoms with Crippen LogP contribution in [0, 0.1) is 0 Å². The molecule has 0 radical (unpaired) electrons. The van der Waals surface area contributed by atoms with Crippen molar-refractivity contribution in [2.75, 3.05) is 11.9 Å². The molecule has 1 aromatic heterocycles. The van der Waals surface area contributed by atoms with Crippen molar-refractivity contribution in [2.24, 2.45) is 0 Å². The van der Waals surface area contributed by atoms with E-state index in [0.29, 0.717) is 29.0 Å². The van der Waals surface area contributed by atoms with Gasteiger partial charge in [0.05, 0.1) is 12.2 Å². The van der Waals surface area contributed by atoms with Gasteiger partial charge < -0.3 is 14.8 Å². The largest absolute Gasteiger partial charge is 0.489 e. The number of carbonyl (C=O) groups is 1. The van der Waals surface area contributed by atoms with Gasteiger partial charge in [-0.25, -0.2) is 9.48 Å². The van der Waals surface area contributed by atoms with Gasteiger partial charge in [0, 0.05) is 11.4 Å². The molecule has 4 aromatic rings. The first-order valence-electron chi connectivity index (χ1n) is 13.8. The molecule has 8 heteroatoms.